The molecule has 0 bridgehead atoms. The van der Waals surface area contributed by atoms with Crippen LogP contribution in [-0.2, 0) is 4.74 Å². The Hall–Kier alpha value is -0.520. The third-order valence-electron chi connectivity index (χ3n) is 2.63. The number of rotatable bonds is 4. The molecule has 0 amide bonds. The molecule has 1 aliphatic heterocycles. The van der Waals surface area contributed by atoms with Crippen molar-refractivity contribution in [3.63, 3.8) is 0 Å². The second-order valence-corrected chi connectivity index (χ2v) is 3.54. The van der Waals surface area contributed by atoms with Crippen molar-refractivity contribution in [2.45, 2.75) is 44.2 Å². The van der Waals surface area contributed by atoms with Gasteiger partial charge in [-0.3, -0.25) is 0 Å². The predicted octanol–water partition coefficient (Wildman–Crippen LogP) is 1.56. The highest BCUT2D eigenvalue weighted by Gasteiger charge is 2.22. The Bertz CT molecular complexity index is 167. The second kappa shape index (κ2) is 6.01. The average Bonchev–Trinajstić information content (AvgIpc) is 2.21. The highest BCUT2D eigenvalue weighted by Crippen LogP contribution is 2.18. The van der Waals surface area contributed by atoms with Gasteiger partial charge in [0.25, 0.3) is 0 Å². The van der Waals surface area contributed by atoms with Crippen molar-refractivity contribution in [1.29, 1.82) is 0 Å². The molecule has 1 fully saturated rings. The fourth-order valence-corrected chi connectivity index (χ4v) is 1.84. The first-order valence-electron chi connectivity index (χ1n) is 5.11. The summed E-state index contributed by atoms with van der Waals surface area (Å²) in [7, 11) is 1.99. The van der Waals surface area contributed by atoms with Gasteiger partial charge < -0.3 is 10.1 Å². The number of ether oxygens (including phenoxy) is 1. The molecule has 2 nitrogen and oxygen atoms in total. The highest BCUT2D eigenvalue weighted by atomic mass is 16.5. The Morgan fingerprint density at radius 2 is 2.46 bits per heavy atom. The summed E-state index contributed by atoms with van der Waals surface area (Å²) in [6, 6.07) is 0.441. The van der Waals surface area contributed by atoms with Crippen LogP contribution in [0.25, 0.3) is 0 Å². The first-order valence-corrected chi connectivity index (χ1v) is 5.11. The zero-order valence-electron chi connectivity index (χ0n) is 8.38. The molecule has 1 heterocycles. The monoisotopic (exact) mass is 181 g/mol. The second-order valence-electron chi connectivity index (χ2n) is 3.54. The van der Waals surface area contributed by atoms with E-state index in [9.17, 15) is 0 Å². The molecule has 1 N–H and O–H groups in total. The number of nitrogens with one attached hydrogen (secondary N) is 1. The van der Waals surface area contributed by atoms with Gasteiger partial charge in [-0.2, -0.15) is 0 Å². The maximum Gasteiger partial charge on any atom is 0.0728 e. The molecule has 0 aromatic rings. The van der Waals surface area contributed by atoms with Gasteiger partial charge in [-0.25, -0.2) is 0 Å². The van der Waals surface area contributed by atoms with Gasteiger partial charge in [-0.15, -0.1) is 12.3 Å². The van der Waals surface area contributed by atoms with Crippen LogP contribution in [0, 0.1) is 12.3 Å². The quantitative estimate of drug-likeness (QED) is 0.664. The van der Waals surface area contributed by atoms with Crippen LogP contribution in [0.5, 0.6) is 0 Å². The van der Waals surface area contributed by atoms with Crippen LogP contribution >= 0.6 is 0 Å². The van der Waals surface area contributed by atoms with E-state index in [2.05, 4.69) is 11.2 Å². The first kappa shape index (κ1) is 10.6. The van der Waals surface area contributed by atoms with E-state index in [-0.39, 0.29) is 0 Å². The lowest BCUT2D eigenvalue weighted by molar-refractivity contribution is -0.00736. The van der Waals surface area contributed by atoms with Crippen LogP contribution < -0.4 is 5.32 Å². The largest absolute Gasteiger partial charge is 0.377 e. The molecule has 74 valence electrons. The molecule has 1 aliphatic rings. The molecule has 0 radical (unpaired) electrons. The molecule has 1 saturated heterocycles. The minimum absolute atomic E-state index is 0.382. The summed E-state index contributed by atoms with van der Waals surface area (Å²) >= 11 is 0. The molecule has 2 unspecified atom stereocenters. The average molecular weight is 181 g/mol. The van der Waals surface area contributed by atoms with Crippen molar-refractivity contribution in [3.8, 4) is 12.3 Å². The molecule has 0 aromatic heterocycles. The summed E-state index contributed by atoms with van der Waals surface area (Å²) in [4.78, 5) is 0. The predicted molar refractivity (Wildman–Crippen MR) is 54.5 cm³/mol. The maximum atomic E-state index is 5.70. The van der Waals surface area contributed by atoms with Crippen LogP contribution in [0.1, 0.15) is 32.1 Å². The van der Waals surface area contributed by atoms with E-state index in [0.717, 1.165) is 19.4 Å². The summed E-state index contributed by atoms with van der Waals surface area (Å²) in [5.74, 6) is 2.68. The normalized spacial score (nSPS) is 25.1. The molecule has 2 heteroatoms. The van der Waals surface area contributed by atoms with E-state index < -0.39 is 0 Å². The minimum Gasteiger partial charge on any atom is -0.377 e. The molecule has 0 spiro atoms. The molecule has 0 saturated carbocycles. The molecule has 1 rings (SSSR count). The smallest absolute Gasteiger partial charge is 0.0728 e. The molecule has 2 atom stereocenters. The Morgan fingerprint density at radius 3 is 3.00 bits per heavy atom. The highest BCUT2D eigenvalue weighted by molar-refractivity contribution is 4.88. The maximum absolute atomic E-state index is 5.70. The van der Waals surface area contributed by atoms with E-state index >= 15 is 0 Å². The Labute approximate surface area is 81.0 Å². The lowest BCUT2D eigenvalue weighted by Gasteiger charge is -2.29. The van der Waals surface area contributed by atoms with E-state index in [0.29, 0.717) is 12.1 Å². The molecule has 13 heavy (non-hydrogen) atoms. The van der Waals surface area contributed by atoms with Crippen LogP contribution in [0.15, 0.2) is 0 Å². The fraction of sp³-hybridized carbons (Fsp3) is 0.818. The van der Waals surface area contributed by atoms with Crippen LogP contribution in [0.4, 0.5) is 0 Å². The van der Waals surface area contributed by atoms with Crippen molar-refractivity contribution >= 4 is 0 Å². The van der Waals surface area contributed by atoms with Gasteiger partial charge in [-0.05, 0) is 32.7 Å². The van der Waals surface area contributed by atoms with Crippen molar-refractivity contribution in [2.24, 2.45) is 0 Å². The molecule has 0 aliphatic carbocycles. The number of terminal acetylenes is 1. The van der Waals surface area contributed by atoms with E-state index in [4.69, 9.17) is 11.2 Å². The summed E-state index contributed by atoms with van der Waals surface area (Å²) in [6.45, 7) is 0.916. The van der Waals surface area contributed by atoms with Gasteiger partial charge in [0.1, 0.15) is 0 Å². The first-order chi connectivity index (χ1) is 6.38. The van der Waals surface area contributed by atoms with Crippen LogP contribution in [0.3, 0.4) is 0 Å². The Kier molecular flexibility index (Phi) is 4.88. The van der Waals surface area contributed by atoms with Crippen molar-refractivity contribution in [2.75, 3.05) is 13.7 Å². The molecular formula is C11H19NO. The van der Waals surface area contributed by atoms with Crippen LogP contribution in [-0.4, -0.2) is 25.8 Å². The van der Waals surface area contributed by atoms with Crippen LogP contribution in [0.2, 0.25) is 0 Å². The third kappa shape index (κ3) is 3.38. The van der Waals surface area contributed by atoms with Crippen molar-refractivity contribution < 1.29 is 4.74 Å². The van der Waals surface area contributed by atoms with Gasteiger partial charge in [0.2, 0.25) is 0 Å². The zero-order chi connectivity index (χ0) is 9.52. The Balaban J connectivity index is 2.31. The van der Waals surface area contributed by atoms with Crippen molar-refractivity contribution in [1.82, 2.24) is 5.32 Å². The van der Waals surface area contributed by atoms with Crippen molar-refractivity contribution in [3.05, 3.63) is 0 Å². The van der Waals surface area contributed by atoms with E-state index in [1.54, 1.807) is 0 Å². The SMILES string of the molecule is C#CCCC(NC)C1CCCCO1. The summed E-state index contributed by atoms with van der Waals surface area (Å²) < 4.78 is 5.70. The molecular weight excluding hydrogens is 162 g/mol. The topological polar surface area (TPSA) is 21.3 Å². The Morgan fingerprint density at radius 1 is 1.62 bits per heavy atom. The van der Waals surface area contributed by atoms with Gasteiger partial charge in [0.05, 0.1) is 6.10 Å². The standard InChI is InChI=1S/C11H19NO/c1-3-4-7-10(12-2)11-8-5-6-9-13-11/h1,10-12H,4-9H2,2H3. The van der Waals surface area contributed by atoms with Gasteiger partial charge >= 0.3 is 0 Å². The van der Waals surface area contributed by atoms with Gasteiger partial charge in [-0.1, -0.05) is 0 Å². The number of likely N-dealkylation sites (N-methyl/N-ethyl adjacent to an activating group) is 1. The lowest BCUT2D eigenvalue weighted by Crippen LogP contribution is -2.41. The minimum atomic E-state index is 0.382. The number of hydrogen-bond donors (Lipinski definition) is 1. The summed E-state index contributed by atoms with van der Waals surface area (Å²) in [6.07, 6.45) is 11.2. The third-order valence-corrected chi connectivity index (χ3v) is 2.63. The van der Waals surface area contributed by atoms with E-state index in [1.807, 2.05) is 7.05 Å². The molecule has 0 aromatic carbocycles. The zero-order valence-corrected chi connectivity index (χ0v) is 8.38. The summed E-state index contributed by atoms with van der Waals surface area (Å²) in [5.41, 5.74) is 0. The number of hydrogen-bond acceptors (Lipinski definition) is 2. The van der Waals surface area contributed by atoms with Gasteiger partial charge in [0.15, 0.2) is 0 Å². The van der Waals surface area contributed by atoms with E-state index in [1.165, 1.54) is 19.3 Å². The summed E-state index contributed by atoms with van der Waals surface area (Å²) in [5, 5.41) is 3.29. The fourth-order valence-electron chi connectivity index (χ4n) is 1.84. The lowest BCUT2D eigenvalue weighted by atomic mass is 9.98. The van der Waals surface area contributed by atoms with Gasteiger partial charge in [0, 0.05) is 19.1 Å².